The van der Waals surface area contributed by atoms with Crippen LogP contribution in [0.1, 0.15) is 42.9 Å². The van der Waals surface area contributed by atoms with Crippen molar-refractivity contribution in [3.8, 4) is 0 Å². The van der Waals surface area contributed by atoms with Crippen LogP contribution in [-0.2, 0) is 19.3 Å². The Labute approximate surface area is 117 Å². The molecule has 0 bridgehead atoms. The molecule has 0 heterocycles. The van der Waals surface area contributed by atoms with Gasteiger partial charge in [-0.15, -0.1) is 0 Å². The highest BCUT2D eigenvalue weighted by molar-refractivity contribution is 5.33. The molecule has 0 aromatic heterocycles. The van der Waals surface area contributed by atoms with Gasteiger partial charge in [0.2, 0.25) is 0 Å². The van der Waals surface area contributed by atoms with Crippen LogP contribution in [0.5, 0.6) is 0 Å². The Morgan fingerprint density at radius 2 is 1.95 bits per heavy atom. The molecular formula is C17H28N2. The van der Waals surface area contributed by atoms with Crippen LogP contribution in [0, 0.1) is 5.92 Å². The molecule has 1 aromatic carbocycles. The summed E-state index contributed by atoms with van der Waals surface area (Å²) < 4.78 is 0. The first-order chi connectivity index (χ1) is 9.29. The normalized spacial score (nSPS) is 16.1. The Bertz CT molecular complexity index is 387. The summed E-state index contributed by atoms with van der Waals surface area (Å²) in [6.45, 7) is 5.18. The average molecular weight is 260 g/mol. The van der Waals surface area contributed by atoms with Gasteiger partial charge in [-0.05, 0) is 80.8 Å². The fourth-order valence-corrected chi connectivity index (χ4v) is 2.77. The fraction of sp³-hybridized carbons (Fsp3) is 0.647. The summed E-state index contributed by atoms with van der Waals surface area (Å²) in [5.74, 6) is 0.635. The van der Waals surface area contributed by atoms with E-state index in [1.54, 1.807) is 11.1 Å². The van der Waals surface area contributed by atoms with E-state index in [0.29, 0.717) is 5.92 Å². The summed E-state index contributed by atoms with van der Waals surface area (Å²) in [6, 6.07) is 7.09. The van der Waals surface area contributed by atoms with E-state index in [1.807, 2.05) is 0 Å². The van der Waals surface area contributed by atoms with Gasteiger partial charge in [0.1, 0.15) is 0 Å². The van der Waals surface area contributed by atoms with Gasteiger partial charge in [-0.3, -0.25) is 0 Å². The summed E-state index contributed by atoms with van der Waals surface area (Å²) in [7, 11) is 0. The van der Waals surface area contributed by atoms with E-state index in [9.17, 15) is 0 Å². The maximum Gasteiger partial charge on any atom is -0.000835 e. The molecule has 1 aliphatic carbocycles. The topological polar surface area (TPSA) is 38.0 Å². The Hall–Kier alpha value is -0.860. The van der Waals surface area contributed by atoms with E-state index in [2.05, 4.69) is 30.4 Å². The van der Waals surface area contributed by atoms with Gasteiger partial charge in [0.25, 0.3) is 0 Å². The molecule has 2 heteroatoms. The SMILES string of the molecule is CC(CN)CCNCCc1ccc2c(c1)CCCC2. The highest BCUT2D eigenvalue weighted by Crippen LogP contribution is 2.22. The van der Waals surface area contributed by atoms with Gasteiger partial charge >= 0.3 is 0 Å². The van der Waals surface area contributed by atoms with Gasteiger partial charge in [0, 0.05) is 0 Å². The van der Waals surface area contributed by atoms with Crippen LogP contribution >= 0.6 is 0 Å². The zero-order chi connectivity index (χ0) is 13.5. The minimum absolute atomic E-state index is 0.635. The third-order valence-electron chi connectivity index (χ3n) is 4.22. The number of aryl methyl sites for hydroxylation is 2. The first-order valence-corrected chi connectivity index (χ1v) is 7.81. The molecular weight excluding hydrogens is 232 g/mol. The van der Waals surface area contributed by atoms with Crippen LogP contribution in [0.2, 0.25) is 0 Å². The van der Waals surface area contributed by atoms with E-state index in [1.165, 1.54) is 37.7 Å². The lowest BCUT2D eigenvalue weighted by atomic mass is 9.90. The molecule has 0 spiro atoms. The minimum Gasteiger partial charge on any atom is -0.330 e. The smallest absolute Gasteiger partial charge is 0.000835 e. The summed E-state index contributed by atoms with van der Waals surface area (Å²) in [5, 5.41) is 3.52. The molecule has 1 unspecified atom stereocenters. The van der Waals surface area contributed by atoms with Crippen LogP contribution in [0.25, 0.3) is 0 Å². The first-order valence-electron chi connectivity index (χ1n) is 7.81. The molecule has 2 nitrogen and oxygen atoms in total. The molecule has 0 saturated carbocycles. The van der Waals surface area contributed by atoms with Gasteiger partial charge < -0.3 is 11.1 Å². The Balaban J connectivity index is 1.71. The van der Waals surface area contributed by atoms with Crippen molar-refractivity contribution in [3.05, 3.63) is 34.9 Å². The maximum absolute atomic E-state index is 5.61. The highest BCUT2D eigenvalue weighted by atomic mass is 14.8. The molecule has 0 amide bonds. The van der Waals surface area contributed by atoms with Crippen molar-refractivity contribution >= 4 is 0 Å². The van der Waals surface area contributed by atoms with E-state index in [-0.39, 0.29) is 0 Å². The number of nitrogens with one attached hydrogen (secondary N) is 1. The molecule has 2 rings (SSSR count). The standard InChI is InChI=1S/C17H28N2/c1-14(13-18)8-10-19-11-9-15-6-7-16-4-2-3-5-17(16)12-15/h6-7,12,14,19H,2-5,8-11,13,18H2,1H3. The molecule has 1 atom stereocenters. The predicted octanol–water partition coefficient (Wildman–Crippen LogP) is 2.68. The zero-order valence-electron chi connectivity index (χ0n) is 12.3. The summed E-state index contributed by atoms with van der Waals surface area (Å²) in [5.41, 5.74) is 10.3. The number of hydrogen-bond acceptors (Lipinski definition) is 2. The maximum atomic E-state index is 5.61. The van der Waals surface area contributed by atoms with Gasteiger partial charge in [-0.25, -0.2) is 0 Å². The summed E-state index contributed by atoms with van der Waals surface area (Å²) >= 11 is 0. The Kier molecular flexibility index (Phi) is 5.87. The quantitative estimate of drug-likeness (QED) is 0.740. The first kappa shape index (κ1) is 14.5. The van der Waals surface area contributed by atoms with Crippen molar-refractivity contribution in [2.24, 2.45) is 11.7 Å². The van der Waals surface area contributed by atoms with Crippen LogP contribution in [-0.4, -0.2) is 19.6 Å². The number of fused-ring (bicyclic) bond motifs is 1. The van der Waals surface area contributed by atoms with Gasteiger partial charge in [0.15, 0.2) is 0 Å². The average Bonchev–Trinajstić information content (AvgIpc) is 2.46. The molecule has 1 aromatic rings. The lowest BCUT2D eigenvalue weighted by molar-refractivity contribution is 0.511. The van der Waals surface area contributed by atoms with Crippen molar-refractivity contribution in [1.29, 1.82) is 0 Å². The van der Waals surface area contributed by atoms with Crippen molar-refractivity contribution in [2.75, 3.05) is 19.6 Å². The predicted molar refractivity (Wildman–Crippen MR) is 82.5 cm³/mol. The van der Waals surface area contributed by atoms with Crippen LogP contribution in [0.15, 0.2) is 18.2 Å². The molecule has 106 valence electrons. The fourth-order valence-electron chi connectivity index (χ4n) is 2.77. The van der Waals surface area contributed by atoms with E-state index in [4.69, 9.17) is 5.73 Å². The largest absolute Gasteiger partial charge is 0.330 e. The minimum atomic E-state index is 0.635. The van der Waals surface area contributed by atoms with Crippen molar-refractivity contribution < 1.29 is 0 Å². The number of hydrogen-bond donors (Lipinski definition) is 2. The molecule has 0 aliphatic heterocycles. The second-order valence-electron chi connectivity index (χ2n) is 5.94. The monoisotopic (exact) mass is 260 g/mol. The third-order valence-corrected chi connectivity index (χ3v) is 4.22. The van der Waals surface area contributed by atoms with Crippen LogP contribution < -0.4 is 11.1 Å². The van der Waals surface area contributed by atoms with Gasteiger partial charge in [-0.1, -0.05) is 25.1 Å². The third kappa shape index (κ3) is 4.63. The van der Waals surface area contributed by atoms with E-state index >= 15 is 0 Å². The Morgan fingerprint density at radius 3 is 2.74 bits per heavy atom. The Morgan fingerprint density at radius 1 is 1.16 bits per heavy atom. The molecule has 1 aliphatic rings. The molecule has 0 radical (unpaired) electrons. The second kappa shape index (κ2) is 7.66. The molecule has 0 saturated heterocycles. The van der Waals surface area contributed by atoms with Gasteiger partial charge in [0.05, 0.1) is 0 Å². The summed E-state index contributed by atoms with van der Waals surface area (Å²) in [4.78, 5) is 0. The second-order valence-corrected chi connectivity index (χ2v) is 5.94. The molecule has 0 fully saturated rings. The van der Waals surface area contributed by atoms with Crippen LogP contribution in [0.4, 0.5) is 0 Å². The lowest BCUT2D eigenvalue weighted by Crippen LogP contribution is -2.22. The van der Waals surface area contributed by atoms with Crippen molar-refractivity contribution in [2.45, 2.75) is 45.4 Å². The summed E-state index contributed by atoms with van der Waals surface area (Å²) in [6.07, 6.45) is 7.62. The van der Waals surface area contributed by atoms with Gasteiger partial charge in [-0.2, -0.15) is 0 Å². The van der Waals surface area contributed by atoms with E-state index < -0.39 is 0 Å². The van der Waals surface area contributed by atoms with Crippen molar-refractivity contribution in [3.63, 3.8) is 0 Å². The molecule has 19 heavy (non-hydrogen) atoms. The lowest BCUT2D eigenvalue weighted by Gasteiger charge is -2.16. The zero-order valence-corrected chi connectivity index (χ0v) is 12.3. The van der Waals surface area contributed by atoms with Crippen LogP contribution in [0.3, 0.4) is 0 Å². The number of nitrogens with two attached hydrogens (primary N) is 1. The van der Waals surface area contributed by atoms with Crippen molar-refractivity contribution in [1.82, 2.24) is 5.32 Å². The van der Waals surface area contributed by atoms with E-state index in [0.717, 1.165) is 26.1 Å². The number of benzene rings is 1. The highest BCUT2D eigenvalue weighted by Gasteiger charge is 2.09. The number of rotatable bonds is 7. The molecule has 3 N–H and O–H groups in total.